The molecule has 0 radical (unpaired) electrons. The molecule has 112 valence electrons. The van der Waals surface area contributed by atoms with Crippen LogP contribution in [0.1, 0.15) is 43.2 Å². The summed E-state index contributed by atoms with van der Waals surface area (Å²) in [5.74, 6) is 0.796. The Morgan fingerprint density at radius 1 is 1.19 bits per heavy atom. The Hall–Kier alpha value is -2.23. The van der Waals surface area contributed by atoms with Gasteiger partial charge >= 0.3 is 0 Å². The molecule has 0 saturated carbocycles. The van der Waals surface area contributed by atoms with E-state index in [2.05, 4.69) is 12.2 Å². The van der Waals surface area contributed by atoms with Crippen LogP contribution in [0, 0.1) is 0 Å². The minimum Gasteiger partial charge on any atom is -0.494 e. The number of amides is 1. The SMILES string of the molecule is CCCCCCOc1cccc(NC(=O)c2ccco2)c1. The molecule has 1 aromatic heterocycles. The van der Waals surface area contributed by atoms with Crippen LogP contribution in [0.4, 0.5) is 5.69 Å². The first-order chi connectivity index (χ1) is 10.3. The van der Waals surface area contributed by atoms with Crippen LogP contribution in [-0.4, -0.2) is 12.5 Å². The third-order valence-corrected chi connectivity index (χ3v) is 3.10. The van der Waals surface area contributed by atoms with Crippen molar-refractivity contribution >= 4 is 11.6 Å². The van der Waals surface area contributed by atoms with Crippen LogP contribution in [0.25, 0.3) is 0 Å². The monoisotopic (exact) mass is 287 g/mol. The van der Waals surface area contributed by atoms with Crippen LogP contribution in [0.2, 0.25) is 0 Å². The molecule has 4 nitrogen and oxygen atoms in total. The molecule has 1 N–H and O–H groups in total. The van der Waals surface area contributed by atoms with Crippen molar-refractivity contribution in [2.24, 2.45) is 0 Å². The Bertz CT molecular complexity index is 549. The molecular formula is C17H21NO3. The highest BCUT2D eigenvalue weighted by molar-refractivity contribution is 6.02. The Balaban J connectivity index is 1.84. The van der Waals surface area contributed by atoms with Crippen LogP contribution >= 0.6 is 0 Å². The second kappa shape index (κ2) is 8.15. The van der Waals surface area contributed by atoms with E-state index in [1.807, 2.05) is 24.3 Å². The van der Waals surface area contributed by atoms with Gasteiger partial charge < -0.3 is 14.5 Å². The van der Waals surface area contributed by atoms with Crippen molar-refractivity contribution in [3.05, 3.63) is 48.4 Å². The standard InChI is InChI=1S/C17H21NO3/c1-2-3-4-5-11-20-15-9-6-8-14(13-15)18-17(19)16-10-7-12-21-16/h6-10,12-13H,2-5,11H2,1H3,(H,18,19). The second-order valence-corrected chi connectivity index (χ2v) is 4.87. The van der Waals surface area contributed by atoms with Crippen LogP contribution in [0.3, 0.4) is 0 Å². The molecule has 1 heterocycles. The maximum absolute atomic E-state index is 11.9. The van der Waals surface area contributed by atoms with Crippen molar-refractivity contribution in [3.63, 3.8) is 0 Å². The molecule has 0 saturated heterocycles. The lowest BCUT2D eigenvalue weighted by molar-refractivity contribution is 0.0996. The molecule has 21 heavy (non-hydrogen) atoms. The number of hydrogen-bond acceptors (Lipinski definition) is 3. The van der Waals surface area contributed by atoms with E-state index in [4.69, 9.17) is 9.15 Å². The van der Waals surface area contributed by atoms with Gasteiger partial charge in [0.15, 0.2) is 5.76 Å². The minimum absolute atomic E-state index is 0.264. The number of hydrogen-bond donors (Lipinski definition) is 1. The fourth-order valence-electron chi connectivity index (χ4n) is 1.98. The molecule has 2 aromatic rings. The Labute approximate surface area is 125 Å². The van der Waals surface area contributed by atoms with Crippen molar-refractivity contribution in [1.29, 1.82) is 0 Å². The highest BCUT2D eigenvalue weighted by Crippen LogP contribution is 2.18. The third-order valence-electron chi connectivity index (χ3n) is 3.10. The zero-order valence-corrected chi connectivity index (χ0v) is 12.3. The Kier molecular flexibility index (Phi) is 5.88. The molecule has 1 amide bonds. The summed E-state index contributed by atoms with van der Waals surface area (Å²) in [5.41, 5.74) is 0.697. The maximum atomic E-state index is 11.9. The topological polar surface area (TPSA) is 51.5 Å². The van der Waals surface area contributed by atoms with Gasteiger partial charge in [0.25, 0.3) is 5.91 Å². The van der Waals surface area contributed by atoms with Gasteiger partial charge in [-0.15, -0.1) is 0 Å². The van der Waals surface area contributed by atoms with Gasteiger partial charge in [-0.25, -0.2) is 0 Å². The summed E-state index contributed by atoms with van der Waals surface area (Å²) in [7, 11) is 0. The fourth-order valence-corrected chi connectivity index (χ4v) is 1.98. The number of nitrogens with one attached hydrogen (secondary N) is 1. The molecule has 0 aliphatic heterocycles. The first-order valence-corrected chi connectivity index (χ1v) is 7.37. The van der Waals surface area contributed by atoms with Crippen LogP contribution in [0.15, 0.2) is 47.1 Å². The molecular weight excluding hydrogens is 266 g/mol. The second-order valence-electron chi connectivity index (χ2n) is 4.87. The summed E-state index contributed by atoms with van der Waals surface area (Å²) in [4.78, 5) is 11.9. The van der Waals surface area contributed by atoms with E-state index in [-0.39, 0.29) is 5.91 Å². The number of benzene rings is 1. The maximum Gasteiger partial charge on any atom is 0.291 e. The van der Waals surface area contributed by atoms with Crippen LogP contribution in [0.5, 0.6) is 5.75 Å². The number of ether oxygens (including phenoxy) is 1. The molecule has 0 aliphatic carbocycles. The molecule has 0 aliphatic rings. The zero-order valence-electron chi connectivity index (χ0n) is 12.3. The van der Waals surface area contributed by atoms with Gasteiger partial charge in [0.05, 0.1) is 12.9 Å². The fraction of sp³-hybridized carbons (Fsp3) is 0.353. The van der Waals surface area contributed by atoms with Crippen molar-refractivity contribution in [2.75, 3.05) is 11.9 Å². The summed E-state index contributed by atoms with van der Waals surface area (Å²) in [6, 6.07) is 10.7. The van der Waals surface area contributed by atoms with Gasteiger partial charge in [-0.05, 0) is 30.7 Å². The Morgan fingerprint density at radius 3 is 2.86 bits per heavy atom. The summed E-state index contributed by atoms with van der Waals surface area (Å²) in [6.07, 6.45) is 6.17. The number of rotatable bonds is 8. The largest absolute Gasteiger partial charge is 0.494 e. The lowest BCUT2D eigenvalue weighted by atomic mass is 10.2. The average Bonchev–Trinajstić information content (AvgIpc) is 3.02. The van der Waals surface area contributed by atoms with Gasteiger partial charge in [0.2, 0.25) is 0 Å². The molecule has 1 aromatic carbocycles. The smallest absolute Gasteiger partial charge is 0.291 e. The third kappa shape index (κ3) is 4.99. The van der Waals surface area contributed by atoms with Crippen molar-refractivity contribution in [3.8, 4) is 5.75 Å². The van der Waals surface area contributed by atoms with Gasteiger partial charge in [-0.3, -0.25) is 4.79 Å². The van der Waals surface area contributed by atoms with Crippen molar-refractivity contribution < 1.29 is 13.9 Å². The highest BCUT2D eigenvalue weighted by Gasteiger charge is 2.08. The number of carbonyl (C=O) groups excluding carboxylic acids is 1. The molecule has 0 atom stereocenters. The first-order valence-electron chi connectivity index (χ1n) is 7.37. The lowest BCUT2D eigenvalue weighted by Crippen LogP contribution is -2.10. The van der Waals surface area contributed by atoms with Crippen LogP contribution in [-0.2, 0) is 0 Å². The van der Waals surface area contributed by atoms with Gasteiger partial charge in [-0.2, -0.15) is 0 Å². The van der Waals surface area contributed by atoms with E-state index in [9.17, 15) is 4.79 Å². The van der Waals surface area contributed by atoms with E-state index in [1.54, 1.807) is 12.1 Å². The molecule has 0 unspecified atom stereocenters. The van der Waals surface area contributed by atoms with Gasteiger partial charge in [0.1, 0.15) is 5.75 Å². The quantitative estimate of drug-likeness (QED) is 0.728. The predicted molar refractivity (Wildman–Crippen MR) is 82.7 cm³/mol. The van der Waals surface area contributed by atoms with Crippen molar-refractivity contribution in [2.45, 2.75) is 32.6 Å². The van der Waals surface area contributed by atoms with E-state index in [1.165, 1.54) is 25.5 Å². The molecule has 0 bridgehead atoms. The summed E-state index contributed by atoms with van der Waals surface area (Å²) in [5, 5.41) is 2.78. The number of furan rings is 1. The van der Waals surface area contributed by atoms with Crippen LogP contribution < -0.4 is 10.1 Å². The average molecular weight is 287 g/mol. The summed E-state index contributed by atoms with van der Waals surface area (Å²) < 4.78 is 10.7. The number of anilines is 1. The minimum atomic E-state index is -0.264. The van der Waals surface area contributed by atoms with E-state index >= 15 is 0 Å². The molecule has 0 fully saturated rings. The van der Waals surface area contributed by atoms with Gasteiger partial charge in [-0.1, -0.05) is 32.3 Å². The van der Waals surface area contributed by atoms with E-state index < -0.39 is 0 Å². The highest BCUT2D eigenvalue weighted by atomic mass is 16.5. The number of unbranched alkanes of at least 4 members (excludes halogenated alkanes) is 3. The van der Waals surface area contributed by atoms with E-state index in [0.717, 1.165) is 12.2 Å². The van der Waals surface area contributed by atoms with E-state index in [0.29, 0.717) is 18.1 Å². The Morgan fingerprint density at radius 2 is 2.10 bits per heavy atom. The van der Waals surface area contributed by atoms with Crippen molar-refractivity contribution in [1.82, 2.24) is 0 Å². The zero-order chi connectivity index (χ0) is 14.9. The summed E-state index contributed by atoms with van der Waals surface area (Å²) >= 11 is 0. The first kappa shape index (κ1) is 15.2. The molecule has 2 rings (SSSR count). The normalized spacial score (nSPS) is 10.3. The summed E-state index contributed by atoms with van der Waals surface area (Å²) in [6.45, 7) is 2.89. The molecule has 4 heteroatoms. The number of carbonyl (C=O) groups is 1. The predicted octanol–water partition coefficient (Wildman–Crippen LogP) is 4.49. The van der Waals surface area contributed by atoms with Gasteiger partial charge in [0, 0.05) is 11.8 Å². The lowest BCUT2D eigenvalue weighted by Gasteiger charge is -2.08. The molecule has 0 spiro atoms.